The first-order valence-corrected chi connectivity index (χ1v) is 10.5. The number of nitrogens with one attached hydrogen (secondary N) is 2. The summed E-state index contributed by atoms with van der Waals surface area (Å²) in [4.78, 5) is 13.7. The quantitative estimate of drug-likeness (QED) is 0.793. The molecule has 1 atom stereocenters. The molecule has 2 aromatic carbocycles. The SMILES string of the molecule is [2H]C(NC(=O)C1CCCCC1)c1ccc(-c2ccc3c(c2)SCCN3)cc1. The number of fused-ring (bicyclic) bond motifs is 1. The van der Waals surface area contributed by atoms with E-state index >= 15 is 0 Å². The summed E-state index contributed by atoms with van der Waals surface area (Å²) in [5.74, 6) is 1.22. The molecule has 1 heterocycles. The normalized spacial score (nSPS) is 19.0. The molecule has 0 radical (unpaired) electrons. The third-order valence-corrected chi connectivity index (χ3v) is 6.31. The first kappa shape index (κ1) is 16.2. The highest BCUT2D eigenvalue weighted by Crippen LogP contribution is 2.34. The van der Waals surface area contributed by atoms with Gasteiger partial charge in [0.05, 0.1) is 1.37 Å². The molecule has 2 aliphatic rings. The molecule has 1 fully saturated rings. The van der Waals surface area contributed by atoms with Crippen LogP contribution in [0.4, 0.5) is 5.69 Å². The molecule has 4 rings (SSSR count). The number of thioether (sulfide) groups is 1. The Morgan fingerprint density at radius 2 is 1.88 bits per heavy atom. The molecule has 4 heteroatoms. The predicted octanol–water partition coefficient (Wildman–Crippen LogP) is 5.07. The van der Waals surface area contributed by atoms with E-state index in [1.807, 2.05) is 36.0 Å². The largest absolute Gasteiger partial charge is 0.383 e. The van der Waals surface area contributed by atoms with Crippen LogP contribution in [0.2, 0.25) is 0 Å². The maximum absolute atomic E-state index is 12.4. The van der Waals surface area contributed by atoms with E-state index in [0.717, 1.165) is 49.1 Å². The summed E-state index contributed by atoms with van der Waals surface area (Å²) in [6.07, 6.45) is 5.41. The fourth-order valence-corrected chi connectivity index (χ4v) is 4.65. The minimum absolute atomic E-state index is 0.0398. The maximum Gasteiger partial charge on any atom is 0.223 e. The molecule has 0 aromatic heterocycles. The summed E-state index contributed by atoms with van der Waals surface area (Å²) >= 11 is 1.89. The second kappa shape index (κ2) is 8.17. The Labute approximate surface area is 161 Å². The molecule has 1 aliphatic carbocycles. The number of benzene rings is 2. The van der Waals surface area contributed by atoms with Gasteiger partial charge in [0.2, 0.25) is 5.91 Å². The number of hydrogen-bond donors (Lipinski definition) is 2. The number of amides is 1. The summed E-state index contributed by atoms with van der Waals surface area (Å²) in [6.45, 7) is 0.320. The van der Waals surface area contributed by atoms with Crippen molar-refractivity contribution in [1.82, 2.24) is 5.32 Å². The van der Waals surface area contributed by atoms with Crippen molar-refractivity contribution < 1.29 is 6.17 Å². The number of rotatable bonds is 4. The van der Waals surface area contributed by atoms with Gasteiger partial charge in [-0.3, -0.25) is 4.79 Å². The van der Waals surface area contributed by atoms with Gasteiger partial charge in [-0.05, 0) is 41.7 Å². The fraction of sp³-hybridized carbons (Fsp3) is 0.409. The molecule has 1 unspecified atom stereocenters. The smallest absolute Gasteiger partial charge is 0.223 e. The van der Waals surface area contributed by atoms with Crippen LogP contribution < -0.4 is 10.6 Å². The van der Waals surface area contributed by atoms with Gasteiger partial charge >= 0.3 is 0 Å². The van der Waals surface area contributed by atoms with E-state index < -0.39 is 6.52 Å². The van der Waals surface area contributed by atoms with Crippen molar-refractivity contribution in [2.24, 2.45) is 5.92 Å². The van der Waals surface area contributed by atoms with E-state index in [0.29, 0.717) is 0 Å². The molecule has 0 spiro atoms. The molecule has 1 aliphatic heterocycles. The van der Waals surface area contributed by atoms with Gasteiger partial charge in [0.15, 0.2) is 0 Å². The summed E-state index contributed by atoms with van der Waals surface area (Å²) in [5, 5.41) is 6.31. The van der Waals surface area contributed by atoms with E-state index in [1.165, 1.54) is 22.6 Å². The van der Waals surface area contributed by atoms with Crippen LogP contribution in [0.5, 0.6) is 0 Å². The molecule has 2 aromatic rings. The van der Waals surface area contributed by atoms with Crippen molar-refractivity contribution in [3.05, 3.63) is 48.0 Å². The average molecular weight is 368 g/mol. The summed E-state index contributed by atoms with van der Waals surface area (Å²) in [7, 11) is 0. The van der Waals surface area contributed by atoms with Crippen LogP contribution >= 0.6 is 11.8 Å². The molecule has 3 nitrogen and oxygen atoms in total. The molecular weight excluding hydrogens is 340 g/mol. The average Bonchev–Trinajstić information content (AvgIpc) is 2.74. The Kier molecular flexibility index (Phi) is 5.11. The zero-order valence-corrected chi connectivity index (χ0v) is 15.8. The number of anilines is 1. The van der Waals surface area contributed by atoms with E-state index in [2.05, 4.69) is 28.8 Å². The van der Waals surface area contributed by atoms with Gasteiger partial charge in [-0.2, -0.15) is 0 Å². The lowest BCUT2D eigenvalue weighted by molar-refractivity contribution is -0.126. The number of carbonyl (C=O) groups excluding carboxylic acids is 1. The molecule has 2 N–H and O–H groups in total. The molecule has 1 saturated carbocycles. The van der Waals surface area contributed by atoms with Crippen molar-refractivity contribution in [3.63, 3.8) is 0 Å². The lowest BCUT2D eigenvalue weighted by Crippen LogP contribution is -2.31. The Morgan fingerprint density at radius 1 is 1.12 bits per heavy atom. The van der Waals surface area contributed by atoms with Gasteiger partial charge < -0.3 is 10.6 Å². The Morgan fingerprint density at radius 3 is 2.69 bits per heavy atom. The lowest BCUT2D eigenvalue weighted by atomic mass is 9.88. The van der Waals surface area contributed by atoms with E-state index in [1.54, 1.807) is 0 Å². The molecule has 1 amide bonds. The summed E-state index contributed by atoms with van der Waals surface area (Å²) < 4.78 is 8.32. The van der Waals surface area contributed by atoms with Crippen LogP contribution in [-0.2, 0) is 11.3 Å². The van der Waals surface area contributed by atoms with Crippen molar-refractivity contribution in [2.45, 2.75) is 43.5 Å². The van der Waals surface area contributed by atoms with Crippen LogP contribution in [0.3, 0.4) is 0 Å². The number of hydrogen-bond acceptors (Lipinski definition) is 3. The second-order valence-corrected chi connectivity index (χ2v) is 8.23. The summed E-state index contributed by atoms with van der Waals surface area (Å²) in [6, 6.07) is 14.5. The highest BCUT2D eigenvalue weighted by atomic mass is 32.2. The van der Waals surface area contributed by atoms with Crippen molar-refractivity contribution in [2.75, 3.05) is 17.6 Å². The fourth-order valence-electron chi connectivity index (χ4n) is 3.72. The van der Waals surface area contributed by atoms with Crippen LogP contribution in [-0.4, -0.2) is 18.2 Å². The standard InChI is InChI=1S/C22H26N2OS/c25-22(18-4-2-1-3-5-18)24-15-16-6-8-17(9-7-16)19-10-11-20-21(14-19)26-13-12-23-20/h6-11,14,18,23H,1-5,12-13,15H2,(H,24,25)/i15D. The van der Waals surface area contributed by atoms with Gasteiger partial charge in [-0.1, -0.05) is 49.6 Å². The minimum atomic E-state index is -0.697. The van der Waals surface area contributed by atoms with Crippen LogP contribution in [0.1, 0.15) is 39.0 Å². The second-order valence-electron chi connectivity index (χ2n) is 7.10. The molecular formula is C22H26N2OS. The Bertz CT molecular complexity index is 802. The van der Waals surface area contributed by atoms with Crippen molar-refractivity contribution in [3.8, 4) is 11.1 Å². The van der Waals surface area contributed by atoms with Gasteiger partial charge in [0, 0.05) is 35.3 Å². The zero-order chi connectivity index (χ0) is 18.6. The van der Waals surface area contributed by atoms with E-state index in [9.17, 15) is 4.79 Å². The monoisotopic (exact) mass is 367 g/mol. The molecule has 136 valence electrons. The molecule has 0 saturated heterocycles. The first-order chi connectivity index (χ1) is 13.2. The maximum atomic E-state index is 12.4. The summed E-state index contributed by atoms with van der Waals surface area (Å²) in [5.41, 5.74) is 4.36. The Hall–Kier alpha value is -1.94. The van der Waals surface area contributed by atoms with Gasteiger partial charge in [0.1, 0.15) is 0 Å². The Balaban J connectivity index is 1.43. The molecule has 26 heavy (non-hydrogen) atoms. The highest BCUT2D eigenvalue weighted by Gasteiger charge is 2.20. The minimum Gasteiger partial charge on any atom is -0.383 e. The van der Waals surface area contributed by atoms with Crippen molar-refractivity contribution in [1.29, 1.82) is 0 Å². The van der Waals surface area contributed by atoms with Gasteiger partial charge in [-0.15, -0.1) is 11.8 Å². The lowest BCUT2D eigenvalue weighted by Gasteiger charge is -2.20. The first-order valence-electron chi connectivity index (χ1n) is 10.1. The number of carbonyl (C=O) groups is 1. The van der Waals surface area contributed by atoms with E-state index in [4.69, 9.17) is 1.37 Å². The predicted molar refractivity (Wildman–Crippen MR) is 110 cm³/mol. The van der Waals surface area contributed by atoms with E-state index in [-0.39, 0.29) is 11.8 Å². The van der Waals surface area contributed by atoms with Crippen LogP contribution in [0.15, 0.2) is 47.4 Å². The van der Waals surface area contributed by atoms with Gasteiger partial charge in [-0.25, -0.2) is 0 Å². The van der Waals surface area contributed by atoms with Crippen LogP contribution in [0, 0.1) is 5.92 Å². The zero-order valence-electron chi connectivity index (χ0n) is 16.0. The highest BCUT2D eigenvalue weighted by molar-refractivity contribution is 7.99. The van der Waals surface area contributed by atoms with Gasteiger partial charge in [0.25, 0.3) is 0 Å². The van der Waals surface area contributed by atoms with Crippen LogP contribution in [0.25, 0.3) is 11.1 Å². The van der Waals surface area contributed by atoms with Crippen molar-refractivity contribution >= 4 is 23.4 Å². The topological polar surface area (TPSA) is 41.1 Å². The third kappa shape index (κ3) is 4.07. The third-order valence-electron chi connectivity index (χ3n) is 5.26. The molecule has 0 bridgehead atoms.